The van der Waals surface area contributed by atoms with Crippen LogP contribution in [0.25, 0.3) is 0 Å². The van der Waals surface area contributed by atoms with E-state index in [1.54, 1.807) is 20.2 Å². The molecule has 0 saturated heterocycles. The maximum absolute atomic E-state index is 12.4. The molecule has 0 aromatic heterocycles. The molecule has 2 N–H and O–H groups in total. The van der Waals surface area contributed by atoms with Crippen molar-refractivity contribution in [2.45, 2.75) is 18.9 Å². The predicted molar refractivity (Wildman–Crippen MR) is 78.3 cm³/mol. The van der Waals surface area contributed by atoms with Gasteiger partial charge in [-0.05, 0) is 30.9 Å². The minimum Gasteiger partial charge on any atom is -0.393 e. The minimum absolute atomic E-state index is 0.0780. The number of nitro groups is 1. The van der Waals surface area contributed by atoms with Crippen LogP contribution in [0.3, 0.4) is 0 Å². The molecule has 7 heteroatoms. The van der Waals surface area contributed by atoms with E-state index in [0.29, 0.717) is 25.1 Å². The highest BCUT2D eigenvalue weighted by Crippen LogP contribution is 2.29. The summed E-state index contributed by atoms with van der Waals surface area (Å²) in [6.45, 7) is 0.497. The average Bonchev–Trinajstić information content (AvgIpc) is 2.43. The zero-order valence-electron chi connectivity index (χ0n) is 12.1. The molecule has 1 aliphatic carbocycles. The first-order valence-corrected chi connectivity index (χ1v) is 6.82. The molecule has 1 aromatic rings. The molecule has 1 aromatic carbocycles. The number of nitrogens with one attached hydrogen (secondary N) is 1. The van der Waals surface area contributed by atoms with Gasteiger partial charge >= 0.3 is 0 Å². The zero-order valence-corrected chi connectivity index (χ0v) is 12.1. The van der Waals surface area contributed by atoms with Gasteiger partial charge in [-0.25, -0.2) is 0 Å². The van der Waals surface area contributed by atoms with Gasteiger partial charge < -0.3 is 15.3 Å². The number of amides is 1. The van der Waals surface area contributed by atoms with Crippen LogP contribution in [0.1, 0.15) is 23.2 Å². The molecule has 21 heavy (non-hydrogen) atoms. The molecule has 114 valence electrons. The van der Waals surface area contributed by atoms with E-state index in [-0.39, 0.29) is 29.2 Å². The lowest BCUT2D eigenvalue weighted by molar-refractivity contribution is -0.385. The van der Waals surface area contributed by atoms with E-state index in [2.05, 4.69) is 5.32 Å². The van der Waals surface area contributed by atoms with Crippen molar-refractivity contribution in [1.29, 1.82) is 0 Å². The summed E-state index contributed by atoms with van der Waals surface area (Å²) in [5.41, 5.74) is 0.533. The Hall–Kier alpha value is -2.15. The third-order valence-corrected chi connectivity index (χ3v) is 3.80. The Bertz CT molecular complexity index is 555. The molecular weight excluding hydrogens is 274 g/mol. The molecule has 0 bridgehead atoms. The van der Waals surface area contributed by atoms with Crippen LogP contribution < -0.4 is 5.32 Å². The van der Waals surface area contributed by atoms with Crippen LogP contribution in [-0.2, 0) is 0 Å². The van der Waals surface area contributed by atoms with Crippen molar-refractivity contribution in [2.24, 2.45) is 5.92 Å². The maximum Gasteiger partial charge on any atom is 0.282 e. The summed E-state index contributed by atoms with van der Waals surface area (Å²) in [7, 11) is 3.32. The normalized spacial score (nSPS) is 20.5. The van der Waals surface area contributed by atoms with Gasteiger partial charge in [0.15, 0.2) is 0 Å². The van der Waals surface area contributed by atoms with Crippen LogP contribution in [0.15, 0.2) is 18.2 Å². The number of hydrogen-bond acceptors (Lipinski definition) is 5. The molecule has 0 aliphatic heterocycles. The lowest BCUT2D eigenvalue weighted by atomic mass is 9.82. The first-order valence-electron chi connectivity index (χ1n) is 6.82. The summed E-state index contributed by atoms with van der Waals surface area (Å²) in [6.07, 6.45) is 1.08. The van der Waals surface area contributed by atoms with Gasteiger partial charge in [0.05, 0.1) is 11.0 Å². The number of anilines is 1. The Morgan fingerprint density at radius 3 is 2.71 bits per heavy atom. The molecule has 0 radical (unpaired) electrons. The second kappa shape index (κ2) is 6.09. The Labute approximate surface area is 122 Å². The first-order chi connectivity index (χ1) is 9.92. The molecule has 2 rings (SSSR count). The van der Waals surface area contributed by atoms with E-state index in [1.165, 1.54) is 17.0 Å². The fourth-order valence-corrected chi connectivity index (χ4v) is 2.55. The molecule has 7 nitrogen and oxygen atoms in total. The topological polar surface area (TPSA) is 95.7 Å². The number of carbonyl (C=O) groups is 1. The Kier molecular flexibility index (Phi) is 4.42. The van der Waals surface area contributed by atoms with Crippen molar-refractivity contribution in [3.8, 4) is 0 Å². The molecule has 1 fully saturated rings. The van der Waals surface area contributed by atoms with Crippen molar-refractivity contribution < 1.29 is 14.8 Å². The number of nitro benzene ring substituents is 1. The molecule has 1 aliphatic rings. The van der Waals surface area contributed by atoms with Crippen molar-refractivity contribution >= 4 is 17.3 Å². The molecule has 1 amide bonds. The predicted octanol–water partition coefficient (Wildman–Crippen LogP) is 1.48. The van der Waals surface area contributed by atoms with Crippen LogP contribution in [0.4, 0.5) is 11.4 Å². The summed E-state index contributed by atoms with van der Waals surface area (Å²) < 4.78 is 0. The van der Waals surface area contributed by atoms with Crippen molar-refractivity contribution in [3.05, 3.63) is 33.9 Å². The highest BCUT2D eigenvalue weighted by Gasteiger charge is 2.31. The smallest absolute Gasteiger partial charge is 0.282 e. The lowest BCUT2D eigenvalue weighted by Gasteiger charge is -2.34. The molecule has 0 atom stereocenters. The van der Waals surface area contributed by atoms with Gasteiger partial charge in [-0.2, -0.15) is 0 Å². The SMILES string of the molecule is CNc1ccc([N+](=O)[O-])c(C(=O)N(C)CC2CC(O)C2)c1. The molecule has 1 saturated carbocycles. The maximum atomic E-state index is 12.4. The average molecular weight is 293 g/mol. The second-order valence-electron chi connectivity index (χ2n) is 5.42. The number of carbonyl (C=O) groups excluding carboxylic acids is 1. The van der Waals surface area contributed by atoms with Crippen LogP contribution in [-0.4, -0.2) is 47.6 Å². The van der Waals surface area contributed by atoms with Crippen LogP contribution in [0.5, 0.6) is 0 Å². The van der Waals surface area contributed by atoms with E-state index in [0.717, 1.165) is 0 Å². The van der Waals surface area contributed by atoms with Crippen LogP contribution in [0, 0.1) is 16.0 Å². The third kappa shape index (κ3) is 3.30. The van der Waals surface area contributed by atoms with Crippen LogP contribution >= 0.6 is 0 Å². The van der Waals surface area contributed by atoms with Crippen LogP contribution in [0.2, 0.25) is 0 Å². The molecule has 0 unspecified atom stereocenters. The summed E-state index contributed by atoms with van der Waals surface area (Å²) in [4.78, 5) is 24.4. The summed E-state index contributed by atoms with van der Waals surface area (Å²) >= 11 is 0. The fraction of sp³-hybridized carbons (Fsp3) is 0.500. The van der Waals surface area contributed by atoms with E-state index in [1.807, 2.05) is 0 Å². The Morgan fingerprint density at radius 2 is 2.19 bits per heavy atom. The van der Waals surface area contributed by atoms with E-state index >= 15 is 0 Å². The second-order valence-corrected chi connectivity index (χ2v) is 5.42. The Morgan fingerprint density at radius 1 is 1.52 bits per heavy atom. The van der Waals surface area contributed by atoms with E-state index < -0.39 is 4.92 Å². The van der Waals surface area contributed by atoms with Gasteiger partial charge in [-0.15, -0.1) is 0 Å². The van der Waals surface area contributed by atoms with Gasteiger partial charge in [0.2, 0.25) is 0 Å². The lowest BCUT2D eigenvalue weighted by Crippen LogP contribution is -2.39. The quantitative estimate of drug-likeness (QED) is 0.633. The summed E-state index contributed by atoms with van der Waals surface area (Å²) in [5.74, 6) is -0.110. The highest BCUT2D eigenvalue weighted by atomic mass is 16.6. The van der Waals surface area contributed by atoms with E-state index in [9.17, 15) is 20.0 Å². The van der Waals surface area contributed by atoms with Crippen molar-refractivity contribution in [1.82, 2.24) is 4.90 Å². The fourth-order valence-electron chi connectivity index (χ4n) is 2.55. The molecule has 0 spiro atoms. The number of hydrogen-bond donors (Lipinski definition) is 2. The van der Waals surface area contributed by atoms with E-state index in [4.69, 9.17) is 0 Å². The zero-order chi connectivity index (χ0) is 15.6. The summed E-state index contributed by atoms with van der Waals surface area (Å²) in [5, 5.41) is 23.2. The van der Waals surface area contributed by atoms with Gasteiger partial charge in [0.1, 0.15) is 5.56 Å². The molecular formula is C14H19N3O4. The first kappa shape index (κ1) is 15.2. The van der Waals surface area contributed by atoms with Gasteiger partial charge in [0, 0.05) is 32.4 Å². The summed E-state index contributed by atoms with van der Waals surface area (Å²) in [6, 6.07) is 4.39. The van der Waals surface area contributed by atoms with Crippen molar-refractivity contribution in [2.75, 3.05) is 26.0 Å². The number of benzene rings is 1. The largest absolute Gasteiger partial charge is 0.393 e. The molecule has 0 heterocycles. The number of aliphatic hydroxyl groups is 1. The number of aliphatic hydroxyl groups excluding tert-OH is 1. The van der Waals surface area contributed by atoms with Gasteiger partial charge in [-0.3, -0.25) is 14.9 Å². The van der Waals surface area contributed by atoms with Gasteiger partial charge in [0.25, 0.3) is 11.6 Å². The Balaban J connectivity index is 2.18. The third-order valence-electron chi connectivity index (χ3n) is 3.80. The number of rotatable bonds is 5. The standard InChI is InChI=1S/C14H19N3O4/c1-15-10-3-4-13(17(20)21)12(7-10)14(19)16(2)8-9-5-11(18)6-9/h3-4,7,9,11,15,18H,5-6,8H2,1-2H3. The highest BCUT2D eigenvalue weighted by molar-refractivity contribution is 5.99. The van der Waals surface area contributed by atoms with Gasteiger partial charge in [-0.1, -0.05) is 0 Å². The minimum atomic E-state index is -0.548. The van der Waals surface area contributed by atoms with Crippen molar-refractivity contribution in [3.63, 3.8) is 0 Å². The monoisotopic (exact) mass is 293 g/mol. The number of nitrogens with zero attached hydrogens (tertiary/aromatic N) is 2.